The second-order valence-corrected chi connectivity index (χ2v) is 10.2. The first-order chi connectivity index (χ1) is 16.7. The molecule has 0 aromatic heterocycles. The second-order valence-electron chi connectivity index (χ2n) is 10.2. The van der Waals surface area contributed by atoms with Crippen LogP contribution in [0.2, 0.25) is 0 Å². The monoisotopic (exact) mass is 491 g/mol. The molecule has 0 spiro atoms. The number of nitrogens with zero attached hydrogens (tertiary/aromatic N) is 1. The predicted octanol–water partition coefficient (Wildman–Crippen LogP) is 6.98. The highest BCUT2D eigenvalue weighted by molar-refractivity contribution is 5.91. The van der Waals surface area contributed by atoms with Gasteiger partial charge in [-0.15, -0.1) is 0 Å². The van der Waals surface area contributed by atoms with Gasteiger partial charge < -0.3 is 9.47 Å². The van der Waals surface area contributed by atoms with Crippen LogP contribution in [0, 0.1) is 11.8 Å². The van der Waals surface area contributed by atoms with Gasteiger partial charge in [-0.05, 0) is 80.8 Å². The van der Waals surface area contributed by atoms with Crippen molar-refractivity contribution in [2.75, 3.05) is 19.7 Å². The third kappa shape index (κ3) is 6.49. The fourth-order valence-electron chi connectivity index (χ4n) is 5.63. The Labute approximate surface area is 205 Å². The zero-order valence-electron chi connectivity index (χ0n) is 20.7. The number of esters is 1. The molecule has 4 nitrogen and oxygen atoms in total. The lowest BCUT2D eigenvalue weighted by Gasteiger charge is -2.33. The number of hydrogen-bond donors (Lipinski definition) is 0. The molecule has 1 heterocycles. The molecule has 2 aliphatic rings. The van der Waals surface area contributed by atoms with Gasteiger partial charge in [0.15, 0.2) is 0 Å². The van der Waals surface area contributed by atoms with Gasteiger partial charge in [-0.1, -0.05) is 31.2 Å². The van der Waals surface area contributed by atoms with Gasteiger partial charge in [-0.3, -0.25) is 9.69 Å². The third-order valence-electron chi connectivity index (χ3n) is 7.39. The van der Waals surface area contributed by atoms with Crippen LogP contribution in [0.1, 0.15) is 69.9 Å². The van der Waals surface area contributed by atoms with E-state index in [0.29, 0.717) is 43.0 Å². The van der Waals surface area contributed by atoms with E-state index in [9.17, 15) is 18.0 Å². The predicted molar refractivity (Wildman–Crippen MR) is 130 cm³/mol. The Kier molecular flexibility index (Phi) is 8.25. The van der Waals surface area contributed by atoms with Crippen molar-refractivity contribution in [1.82, 2.24) is 4.90 Å². The number of carbonyl (C=O) groups is 1. The minimum Gasteiger partial charge on any atom is -0.490 e. The summed E-state index contributed by atoms with van der Waals surface area (Å²) >= 11 is 0. The molecule has 1 saturated carbocycles. The zero-order valence-corrected chi connectivity index (χ0v) is 20.7. The zero-order chi connectivity index (χ0) is 25.0. The second kappa shape index (κ2) is 11.2. The average Bonchev–Trinajstić information content (AvgIpc) is 2.80. The number of rotatable bonds is 7. The van der Waals surface area contributed by atoms with Crippen LogP contribution < -0.4 is 4.74 Å². The molecule has 1 saturated heterocycles. The molecule has 0 bridgehead atoms. The first-order valence-electron chi connectivity index (χ1n) is 12.9. The SMILES string of the molecule is CCOC(=O)CC1CCCN(Cc2cccc3ccc(OC4CCC(C)CC4)c(C(F)(F)F)c23)C1. The molecule has 0 N–H and O–H groups in total. The molecule has 1 aliphatic carbocycles. The molecule has 1 atom stereocenters. The summed E-state index contributed by atoms with van der Waals surface area (Å²) in [6, 6.07) is 8.58. The minimum absolute atomic E-state index is 0.0594. The van der Waals surface area contributed by atoms with E-state index in [1.165, 1.54) is 6.07 Å². The normalized spacial score (nSPS) is 23.9. The number of piperidine rings is 1. The van der Waals surface area contributed by atoms with Crippen LogP contribution in [-0.2, 0) is 22.3 Å². The van der Waals surface area contributed by atoms with Gasteiger partial charge in [0.25, 0.3) is 0 Å². The van der Waals surface area contributed by atoms with Gasteiger partial charge in [-0.25, -0.2) is 0 Å². The Morgan fingerprint density at radius 2 is 1.86 bits per heavy atom. The Morgan fingerprint density at radius 1 is 1.09 bits per heavy atom. The average molecular weight is 492 g/mol. The molecule has 192 valence electrons. The Hall–Kier alpha value is -2.28. The molecule has 4 rings (SSSR count). The third-order valence-corrected chi connectivity index (χ3v) is 7.39. The fourth-order valence-corrected chi connectivity index (χ4v) is 5.63. The van der Waals surface area contributed by atoms with Crippen molar-refractivity contribution in [3.05, 3.63) is 41.5 Å². The van der Waals surface area contributed by atoms with Crippen molar-refractivity contribution < 1.29 is 27.4 Å². The van der Waals surface area contributed by atoms with Crippen molar-refractivity contribution in [3.63, 3.8) is 0 Å². The van der Waals surface area contributed by atoms with E-state index in [1.807, 2.05) is 6.07 Å². The molecule has 1 aliphatic heterocycles. The molecule has 0 radical (unpaired) electrons. The molecule has 2 fully saturated rings. The maximum absolute atomic E-state index is 14.5. The lowest BCUT2D eigenvalue weighted by atomic mass is 9.89. The lowest BCUT2D eigenvalue weighted by Crippen LogP contribution is -2.36. The quantitative estimate of drug-likeness (QED) is 0.392. The van der Waals surface area contributed by atoms with Crippen molar-refractivity contribution in [1.29, 1.82) is 0 Å². The van der Waals surface area contributed by atoms with E-state index in [4.69, 9.17) is 9.47 Å². The highest BCUT2D eigenvalue weighted by Crippen LogP contribution is 2.44. The minimum atomic E-state index is -4.53. The van der Waals surface area contributed by atoms with Crippen molar-refractivity contribution in [3.8, 4) is 5.75 Å². The first-order valence-corrected chi connectivity index (χ1v) is 12.9. The first kappa shape index (κ1) is 25.8. The van der Waals surface area contributed by atoms with Crippen LogP contribution in [0.4, 0.5) is 13.2 Å². The Morgan fingerprint density at radius 3 is 2.57 bits per heavy atom. The summed E-state index contributed by atoms with van der Waals surface area (Å²) in [5, 5.41) is 0.800. The summed E-state index contributed by atoms with van der Waals surface area (Å²) in [5.41, 5.74) is -0.0152. The number of ether oxygens (including phenoxy) is 2. The number of hydrogen-bond acceptors (Lipinski definition) is 4. The van der Waals surface area contributed by atoms with Crippen LogP contribution in [0.15, 0.2) is 30.3 Å². The molecule has 2 aromatic carbocycles. The van der Waals surface area contributed by atoms with Crippen LogP contribution in [0.5, 0.6) is 5.75 Å². The summed E-state index contributed by atoms with van der Waals surface area (Å²) in [4.78, 5) is 14.1. The van der Waals surface area contributed by atoms with Gasteiger partial charge in [-0.2, -0.15) is 13.2 Å². The largest absolute Gasteiger partial charge is 0.490 e. The highest BCUT2D eigenvalue weighted by Gasteiger charge is 2.38. The summed E-state index contributed by atoms with van der Waals surface area (Å²) in [6.07, 6.45) is 1.02. The van der Waals surface area contributed by atoms with E-state index in [2.05, 4.69) is 11.8 Å². The molecule has 7 heteroatoms. The van der Waals surface area contributed by atoms with E-state index < -0.39 is 11.7 Å². The maximum atomic E-state index is 14.5. The number of halogens is 3. The lowest BCUT2D eigenvalue weighted by molar-refractivity contribution is -0.144. The van der Waals surface area contributed by atoms with Crippen LogP contribution >= 0.6 is 0 Å². The van der Waals surface area contributed by atoms with Gasteiger partial charge in [0.1, 0.15) is 11.3 Å². The number of alkyl halides is 3. The molecule has 35 heavy (non-hydrogen) atoms. The molecule has 0 amide bonds. The van der Waals surface area contributed by atoms with Crippen LogP contribution in [-0.4, -0.2) is 36.7 Å². The van der Waals surface area contributed by atoms with Crippen LogP contribution in [0.25, 0.3) is 10.8 Å². The molecule has 1 unspecified atom stereocenters. The number of fused-ring (bicyclic) bond motifs is 1. The van der Waals surface area contributed by atoms with Crippen molar-refractivity contribution in [2.45, 2.75) is 77.6 Å². The van der Waals surface area contributed by atoms with Crippen molar-refractivity contribution >= 4 is 16.7 Å². The van der Waals surface area contributed by atoms with Gasteiger partial charge >= 0.3 is 12.1 Å². The van der Waals surface area contributed by atoms with Crippen LogP contribution in [0.3, 0.4) is 0 Å². The van der Waals surface area contributed by atoms with E-state index in [0.717, 1.165) is 45.1 Å². The van der Waals surface area contributed by atoms with E-state index in [1.54, 1.807) is 25.1 Å². The highest BCUT2D eigenvalue weighted by atomic mass is 19.4. The topological polar surface area (TPSA) is 38.8 Å². The van der Waals surface area contributed by atoms with Gasteiger partial charge in [0.05, 0.1) is 12.7 Å². The number of carbonyl (C=O) groups excluding carboxylic acids is 1. The number of benzene rings is 2. The smallest absolute Gasteiger partial charge is 0.420 e. The maximum Gasteiger partial charge on any atom is 0.420 e. The van der Waals surface area contributed by atoms with Crippen molar-refractivity contribution in [2.24, 2.45) is 11.8 Å². The molecular formula is C28H36F3NO3. The summed E-state index contributed by atoms with van der Waals surface area (Å²) in [5.74, 6) is 0.489. The van der Waals surface area contributed by atoms with Gasteiger partial charge in [0, 0.05) is 24.9 Å². The van der Waals surface area contributed by atoms with E-state index in [-0.39, 0.29) is 29.1 Å². The number of likely N-dealkylation sites (tertiary alicyclic amines) is 1. The van der Waals surface area contributed by atoms with Gasteiger partial charge in [0.2, 0.25) is 0 Å². The molecule has 2 aromatic rings. The molecular weight excluding hydrogens is 455 g/mol. The summed E-state index contributed by atoms with van der Waals surface area (Å²) in [7, 11) is 0. The summed E-state index contributed by atoms with van der Waals surface area (Å²) < 4.78 is 54.6. The Bertz CT molecular complexity index is 1010. The standard InChI is InChI=1S/C28H36F3NO3/c1-3-34-25(33)16-20-6-5-15-32(17-20)18-22-8-4-7-21-11-14-24(27(26(21)22)28(29,30)31)35-23-12-9-19(2)10-13-23/h4,7-8,11,14,19-20,23H,3,5-6,9-10,12-13,15-18H2,1-2H3. The Balaban J connectivity index is 1.61. The summed E-state index contributed by atoms with van der Waals surface area (Å²) in [6.45, 7) is 6.20. The fraction of sp³-hybridized carbons (Fsp3) is 0.607. The van der Waals surface area contributed by atoms with E-state index >= 15 is 0 Å².